The van der Waals surface area contributed by atoms with E-state index in [1.54, 1.807) is 12.1 Å². The van der Waals surface area contributed by atoms with Gasteiger partial charge in [0.15, 0.2) is 0 Å². The largest absolute Gasteiger partial charge is 0.466 e. The van der Waals surface area contributed by atoms with Crippen LogP contribution >= 0.6 is 0 Å². The van der Waals surface area contributed by atoms with Gasteiger partial charge in [-0.15, -0.1) is 0 Å². The van der Waals surface area contributed by atoms with E-state index >= 15 is 0 Å². The van der Waals surface area contributed by atoms with Crippen molar-refractivity contribution in [2.75, 3.05) is 11.9 Å². The molecule has 170 valence electrons. The molecule has 2 rings (SSSR count). The van der Waals surface area contributed by atoms with E-state index in [0.717, 1.165) is 12.8 Å². The minimum Gasteiger partial charge on any atom is -0.466 e. The van der Waals surface area contributed by atoms with Crippen LogP contribution in [0.15, 0.2) is 54.6 Å². The van der Waals surface area contributed by atoms with Gasteiger partial charge in [0.1, 0.15) is 0 Å². The van der Waals surface area contributed by atoms with Gasteiger partial charge in [-0.05, 0) is 49.1 Å². The number of carbonyl (C=O) groups is 4. The average Bonchev–Trinajstić information content (AvgIpc) is 2.80. The fourth-order valence-corrected chi connectivity index (χ4v) is 2.81. The van der Waals surface area contributed by atoms with Gasteiger partial charge in [-0.2, -0.15) is 0 Å². The van der Waals surface area contributed by atoms with E-state index in [9.17, 15) is 19.2 Å². The third-order valence-electron chi connectivity index (χ3n) is 4.50. The Morgan fingerprint density at radius 2 is 1.53 bits per heavy atom. The maximum absolute atomic E-state index is 12.1. The summed E-state index contributed by atoms with van der Waals surface area (Å²) >= 11 is 0. The number of ether oxygens (including phenoxy) is 1. The first-order valence-electron chi connectivity index (χ1n) is 10.7. The summed E-state index contributed by atoms with van der Waals surface area (Å²) in [6.45, 7) is 2.21. The summed E-state index contributed by atoms with van der Waals surface area (Å²) < 4.78 is 5.13. The van der Waals surface area contributed by atoms with Crippen molar-refractivity contribution in [2.45, 2.75) is 45.4 Å². The van der Waals surface area contributed by atoms with Crippen LogP contribution in [-0.4, -0.2) is 30.3 Å². The van der Waals surface area contributed by atoms with Crippen LogP contribution in [0.3, 0.4) is 0 Å². The molecule has 3 amide bonds. The highest BCUT2D eigenvalue weighted by molar-refractivity contribution is 5.96. The maximum atomic E-state index is 12.1. The summed E-state index contributed by atoms with van der Waals surface area (Å²) in [6, 6.07) is 16.2. The van der Waals surface area contributed by atoms with Crippen LogP contribution in [-0.2, 0) is 25.5 Å². The molecule has 0 aliphatic carbocycles. The fourth-order valence-electron chi connectivity index (χ4n) is 2.81. The second-order valence-corrected chi connectivity index (χ2v) is 7.19. The molecule has 0 aromatic heterocycles. The highest BCUT2D eigenvalue weighted by atomic mass is 16.5. The molecular formula is C24H29N3O5. The number of rotatable bonds is 11. The minimum absolute atomic E-state index is 0.0702. The molecule has 0 fully saturated rings. The Morgan fingerprint density at radius 1 is 0.812 bits per heavy atom. The van der Waals surface area contributed by atoms with Gasteiger partial charge in [-0.25, -0.2) is 0 Å². The van der Waals surface area contributed by atoms with E-state index in [4.69, 9.17) is 4.74 Å². The number of hydrogen-bond acceptors (Lipinski definition) is 5. The number of nitrogens with one attached hydrogen (secondary N) is 3. The number of amides is 3. The lowest BCUT2D eigenvalue weighted by Gasteiger charge is -2.09. The summed E-state index contributed by atoms with van der Waals surface area (Å²) in [5, 5.41) is 2.73. The molecule has 2 aromatic rings. The number of hydrogen-bond donors (Lipinski definition) is 3. The number of benzene rings is 2. The van der Waals surface area contributed by atoms with E-state index in [1.807, 2.05) is 37.3 Å². The first-order valence-corrected chi connectivity index (χ1v) is 10.7. The molecule has 0 saturated carbocycles. The lowest BCUT2D eigenvalue weighted by atomic mass is 10.1. The third kappa shape index (κ3) is 9.42. The van der Waals surface area contributed by atoms with Crippen LogP contribution in [0.5, 0.6) is 0 Å². The lowest BCUT2D eigenvalue weighted by Crippen LogP contribution is -2.41. The highest BCUT2D eigenvalue weighted by Crippen LogP contribution is 2.10. The number of carbonyl (C=O) groups excluding carboxylic acids is 4. The summed E-state index contributed by atoms with van der Waals surface area (Å²) in [4.78, 5) is 47.3. The molecule has 8 nitrogen and oxygen atoms in total. The third-order valence-corrected chi connectivity index (χ3v) is 4.50. The van der Waals surface area contributed by atoms with Gasteiger partial charge in [0.25, 0.3) is 5.91 Å². The molecule has 0 aliphatic heterocycles. The van der Waals surface area contributed by atoms with E-state index in [0.29, 0.717) is 30.7 Å². The van der Waals surface area contributed by atoms with Gasteiger partial charge in [0, 0.05) is 24.1 Å². The van der Waals surface area contributed by atoms with E-state index in [2.05, 4.69) is 16.2 Å². The molecular weight excluding hydrogens is 410 g/mol. The topological polar surface area (TPSA) is 114 Å². The predicted molar refractivity (Wildman–Crippen MR) is 121 cm³/mol. The Bertz CT molecular complexity index is 898. The number of esters is 1. The van der Waals surface area contributed by atoms with Gasteiger partial charge >= 0.3 is 5.97 Å². The average molecular weight is 440 g/mol. The molecule has 2 aromatic carbocycles. The van der Waals surface area contributed by atoms with Crippen LogP contribution < -0.4 is 16.2 Å². The molecule has 8 heteroatoms. The molecule has 0 radical (unpaired) electrons. The molecule has 0 aliphatic rings. The molecule has 0 spiro atoms. The molecule has 32 heavy (non-hydrogen) atoms. The van der Waals surface area contributed by atoms with Crippen molar-refractivity contribution in [1.82, 2.24) is 10.9 Å². The van der Waals surface area contributed by atoms with Gasteiger partial charge in [-0.3, -0.25) is 30.0 Å². The van der Waals surface area contributed by atoms with Crippen LogP contribution in [0.2, 0.25) is 0 Å². The van der Waals surface area contributed by atoms with E-state index in [1.165, 1.54) is 17.7 Å². The Hall–Kier alpha value is -3.68. The van der Waals surface area contributed by atoms with Crippen molar-refractivity contribution in [3.05, 3.63) is 65.7 Å². The summed E-state index contributed by atoms with van der Waals surface area (Å²) in [5.41, 5.74) is 6.65. The molecule has 0 heterocycles. The van der Waals surface area contributed by atoms with Crippen molar-refractivity contribution in [3.8, 4) is 0 Å². The molecule has 0 bridgehead atoms. The normalized spacial score (nSPS) is 10.2. The van der Waals surface area contributed by atoms with Crippen molar-refractivity contribution in [1.29, 1.82) is 0 Å². The van der Waals surface area contributed by atoms with Crippen molar-refractivity contribution in [3.63, 3.8) is 0 Å². The smallest absolute Gasteiger partial charge is 0.306 e. The van der Waals surface area contributed by atoms with Gasteiger partial charge in [0.2, 0.25) is 11.8 Å². The van der Waals surface area contributed by atoms with Crippen molar-refractivity contribution >= 4 is 29.4 Å². The first kappa shape index (κ1) is 24.6. The number of hydrazine groups is 1. The van der Waals surface area contributed by atoms with Crippen LogP contribution in [0.4, 0.5) is 5.69 Å². The Morgan fingerprint density at radius 3 is 2.22 bits per heavy atom. The number of anilines is 1. The predicted octanol–water partition coefficient (Wildman–Crippen LogP) is 3.14. The second kappa shape index (κ2) is 13.6. The maximum Gasteiger partial charge on any atom is 0.306 e. The van der Waals surface area contributed by atoms with Crippen molar-refractivity contribution in [2.24, 2.45) is 0 Å². The number of aryl methyl sites for hydroxylation is 1. The Labute approximate surface area is 187 Å². The van der Waals surface area contributed by atoms with Crippen molar-refractivity contribution < 1.29 is 23.9 Å². The molecule has 3 N–H and O–H groups in total. The second-order valence-electron chi connectivity index (χ2n) is 7.19. The van der Waals surface area contributed by atoms with Crippen LogP contribution in [0.25, 0.3) is 0 Å². The summed E-state index contributed by atoms with van der Waals surface area (Å²) in [7, 11) is 0. The monoisotopic (exact) mass is 439 g/mol. The highest BCUT2D eigenvalue weighted by Gasteiger charge is 2.11. The SMILES string of the molecule is CCCC(=O)Nc1ccc(C(=O)NNC(=O)CCC(=O)OCCCc2ccccc2)cc1. The molecule has 0 atom stereocenters. The minimum atomic E-state index is -0.506. The van der Waals surface area contributed by atoms with Gasteiger partial charge < -0.3 is 10.1 Å². The van der Waals surface area contributed by atoms with E-state index < -0.39 is 17.8 Å². The van der Waals surface area contributed by atoms with Crippen LogP contribution in [0.1, 0.15) is 54.9 Å². The first-order chi connectivity index (χ1) is 15.5. The van der Waals surface area contributed by atoms with E-state index in [-0.39, 0.29) is 18.7 Å². The summed E-state index contributed by atoms with van der Waals surface area (Å²) in [5.74, 6) is -1.55. The van der Waals surface area contributed by atoms with Gasteiger partial charge in [0.05, 0.1) is 13.0 Å². The zero-order valence-corrected chi connectivity index (χ0v) is 18.2. The van der Waals surface area contributed by atoms with Crippen LogP contribution in [0, 0.1) is 0 Å². The lowest BCUT2D eigenvalue weighted by molar-refractivity contribution is -0.145. The quantitative estimate of drug-likeness (QED) is 0.283. The Balaban J connectivity index is 1.61. The summed E-state index contributed by atoms with van der Waals surface area (Å²) in [6.07, 6.45) is 2.53. The molecule has 0 unspecified atom stereocenters. The zero-order valence-electron chi connectivity index (χ0n) is 18.2. The zero-order chi connectivity index (χ0) is 23.2. The fraction of sp³-hybridized carbons (Fsp3) is 0.333. The standard InChI is InChI=1S/C24H29N3O5/c1-2-7-21(28)25-20-13-11-19(12-14-20)24(31)27-26-22(29)15-16-23(30)32-17-6-10-18-8-4-3-5-9-18/h3-5,8-9,11-14H,2,6-7,10,15-17H2,1H3,(H,25,28)(H,26,29)(H,27,31). The Kier molecular flexibility index (Phi) is 10.4. The van der Waals surface area contributed by atoms with Gasteiger partial charge in [-0.1, -0.05) is 37.3 Å². The molecule has 0 saturated heterocycles.